The lowest BCUT2D eigenvalue weighted by Crippen LogP contribution is -2.46. The van der Waals surface area contributed by atoms with Gasteiger partial charge in [-0.1, -0.05) is 36.8 Å². The van der Waals surface area contributed by atoms with Gasteiger partial charge >= 0.3 is 0 Å². The zero-order chi connectivity index (χ0) is 14.3. The average molecular weight is 263 g/mol. The largest absolute Gasteiger partial charge is 0.396 e. The van der Waals surface area contributed by atoms with Gasteiger partial charge in [0.2, 0.25) is 5.91 Å². The highest BCUT2D eigenvalue weighted by atomic mass is 16.3. The molecule has 1 amide bonds. The first-order chi connectivity index (χ1) is 8.99. The van der Waals surface area contributed by atoms with Crippen LogP contribution in [0, 0.1) is 6.92 Å². The molecule has 0 fully saturated rings. The predicted molar refractivity (Wildman–Crippen MR) is 78.0 cm³/mol. The first-order valence-electron chi connectivity index (χ1n) is 6.96. The summed E-state index contributed by atoms with van der Waals surface area (Å²) in [7, 11) is 0. The van der Waals surface area contributed by atoms with Crippen molar-refractivity contribution in [3.63, 3.8) is 0 Å². The molecule has 0 aliphatic rings. The van der Waals surface area contributed by atoms with E-state index in [1.54, 1.807) is 0 Å². The quantitative estimate of drug-likeness (QED) is 0.794. The smallest absolute Gasteiger partial charge is 0.220 e. The number of aliphatic hydroxyl groups is 1. The molecular formula is C16H25NO2. The molecule has 0 saturated carbocycles. The molecule has 0 spiro atoms. The third kappa shape index (κ3) is 5.43. The van der Waals surface area contributed by atoms with Crippen molar-refractivity contribution in [2.45, 2.75) is 52.0 Å². The van der Waals surface area contributed by atoms with E-state index in [1.807, 2.05) is 26.0 Å². The highest BCUT2D eigenvalue weighted by Crippen LogP contribution is 2.14. The van der Waals surface area contributed by atoms with E-state index in [4.69, 9.17) is 5.11 Å². The standard InChI is InChI=1S/C16H25NO2/c1-4-16(3,10-11-18)17-15(19)9-8-14-7-5-6-13(2)12-14/h5-7,12,18H,4,8-11H2,1-3H3,(H,17,19). The maximum absolute atomic E-state index is 12.0. The molecule has 0 heterocycles. The molecule has 0 aliphatic carbocycles. The van der Waals surface area contributed by atoms with Crippen LogP contribution in [0.3, 0.4) is 0 Å². The van der Waals surface area contributed by atoms with Crippen LogP contribution in [0.5, 0.6) is 0 Å². The highest BCUT2D eigenvalue weighted by molar-refractivity contribution is 5.77. The summed E-state index contributed by atoms with van der Waals surface area (Å²) < 4.78 is 0. The molecule has 2 N–H and O–H groups in total. The number of rotatable bonds is 7. The van der Waals surface area contributed by atoms with Crippen molar-refractivity contribution < 1.29 is 9.90 Å². The number of hydrogen-bond donors (Lipinski definition) is 2. The van der Waals surface area contributed by atoms with Gasteiger partial charge in [-0.3, -0.25) is 4.79 Å². The van der Waals surface area contributed by atoms with Gasteiger partial charge in [-0.15, -0.1) is 0 Å². The Morgan fingerprint density at radius 2 is 2.16 bits per heavy atom. The van der Waals surface area contributed by atoms with Crippen LogP contribution in [0.15, 0.2) is 24.3 Å². The third-order valence-electron chi connectivity index (χ3n) is 3.61. The lowest BCUT2D eigenvalue weighted by Gasteiger charge is -2.29. The molecular weight excluding hydrogens is 238 g/mol. The van der Waals surface area contributed by atoms with E-state index in [-0.39, 0.29) is 18.1 Å². The van der Waals surface area contributed by atoms with Crippen molar-refractivity contribution in [2.24, 2.45) is 0 Å². The summed E-state index contributed by atoms with van der Waals surface area (Å²) in [5.74, 6) is 0.0549. The Hall–Kier alpha value is -1.35. The molecule has 19 heavy (non-hydrogen) atoms. The molecule has 0 radical (unpaired) electrons. The van der Waals surface area contributed by atoms with E-state index in [0.717, 1.165) is 12.8 Å². The van der Waals surface area contributed by atoms with Crippen LogP contribution >= 0.6 is 0 Å². The van der Waals surface area contributed by atoms with Gasteiger partial charge in [0.05, 0.1) is 0 Å². The normalized spacial score (nSPS) is 13.9. The SMILES string of the molecule is CCC(C)(CCO)NC(=O)CCc1cccc(C)c1. The first kappa shape index (κ1) is 15.7. The van der Waals surface area contributed by atoms with Crippen molar-refractivity contribution in [2.75, 3.05) is 6.61 Å². The van der Waals surface area contributed by atoms with Crippen molar-refractivity contribution in [3.8, 4) is 0 Å². The molecule has 106 valence electrons. The minimum atomic E-state index is -0.293. The van der Waals surface area contributed by atoms with Crippen LogP contribution in [0.2, 0.25) is 0 Å². The third-order valence-corrected chi connectivity index (χ3v) is 3.61. The number of hydrogen-bond acceptors (Lipinski definition) is 2. The molecule has 1 atom stereocenters. The number of amides is 1. The number of aliphatic hydroxyl groups excluding tert-OH is 1. The number of nitrogens with one attached hydrogen (secondary N) is 1. The van der Waals surface area contributed by atoms with Gasteiger partial charge < -0.3 is 10.4 Å². The van der Waals surface area contributed by atoms with Crippen LogP contribution in [0.1, 0.15) is 44.2 Å². The van der Waals surface area contributed by atoms with Crippen LogP contribution < -0.4 is 5.32 Å². The highest BCUT2D eigenvalue weighted by Gasteiger charge is 2.23. The summed E-state index contributed by atoms with van der Waals surface area (Å²) in [4.78, 5) is 12.0. The van der Waals surface area contributed by atoms with Gasteiger partial charge in [0.25, 0.3) is 0 Å². The Labute approximate surface area is 116 Å². The molecule has 1 aromatic rings. The van der Waals surface area contributed by atoms with E-state index in [0.29, 0.717) is 12.8 Å². The van der Waals surface area contributed by atoms with Crippen molar-refractivity contribution in [1.82, 2.24) is 5.32 Å². The molecule has 1 unspecified atom stereocenters. The van der Waals surface area contributed by atoms with Crippen LogP contribution in [0.4, 0.5) is 0 Å². The Balaban J connectivity index is 2.47. The van der Waals surface area contributed by atoms with Gasteiger partial charge in [0.1, 0.15) is 0 Å². The Morgan fingerprint density at radius 1 is 1.42 bits per heavy atom. The average Bonchev–Trinajstić information content (AvgIpc) is 2.37. The molecule has 1 rings (SSSR count). The van der Waals surface area contributed by atoms with Crippen LogP contribution in [0.25, 0.3) is 0 Å². The molecule has 1 aromatic carbocycles. The lowest BCUT2D eigenvalue weighted by molar-refractivity contribution is -0.123. The summed E-state index contributed by atoms with van der Waals surface area (Å²) in [6.07, 6.45) is 2.67. The minimum Gasteiger partial charge on any atom is -0.396 e. The zero-order valence-electron chi connectivity index (χ0n) is 12.2. The fourth-order valence-electron chi connectivity index (χ4n) is 2.10. The summed E-state index contributed by atoms with van der Waals surface area (Å²) in [5.41, 5.74) is 2.12. The van der Waals surface area contributed by atoms with E-state index < -0.39 is 0 Å². The predicted octanol–water partition coefficient (Wildman–Crippen LogP) is 2.59. The maximum atomic E-state index is 12.0. The monoisotopic (exact) mass is 263 g/mol. The summed E-state index contributed by atoms with van der Waals surface area (Å²) in [6, 6.07) is 8.23. The first-order valence-corrected chi connectivity index (χ1v) is 6.96. The van der Waals surface area contributed by atoms with E-state index in [2.05, 4.69) is 24.4 Å². The second kappa shape index (κ2) is 7.29. The van der Waals surface area contributed by atoms with Gasteiger partial charge in [0, 0.05) is 18.6 Å². The summed E-state index contributed by atoms with van der Waals surface area (Å²) >= 11 is 0. The maximum Gasteiger partial charge on any atom is 0.220 e. The minimum absolute atomic E-state index is 0.0549. The summed E-state index contributed by atoms with van der Waals surface area (Å²) in [5, 5.41) is 12.1. The molecule has 0 bridgehead atoms. The van der Waals surface area contributed by atoms with Crippen molar-refractivity contribution in [3.05, 3.63) is 35.4 Å². The van der Waals surface area contributed by atoms with E-state index in [9.17, 15) is 4.79 Å². The van der Waals surface area contributed by atoms with E-state index in [1.165, 1.54) is 11.1 Å². The molecule has 0 saturated heterocycles. The molecule has 3 nitrogen and oxygen atoms in total. The van der Waals surface area contributed by atoms with E-state index >= 15 is 0 Å². The van der Waals surface area contributed by atoms with Crippen LogP contribution in [-0.4, -0.2) is 23.2 Å². The molecule has 0 aromatic heterocycles. The fraction of sp³-hybridized carbons (Fsp3) is 0.562. The number of benzene rings is 1. The number of carbonyl (C=O) groups is 1. The van der Waals surface area contributed by atoms with Crippen LogP contribution in [-0.2, 0) is 11.2 Å². The van der Waals surface area contributed by atoms with Crippen molar-refractivity contribution >= 4 is 5.91 Å². The second-order valence-electron chi connectivity index (χ2n) is 5.43. The van der Waals surface area contributed by atoms with Gasteiger partial charge in [0.15, 0.2) is 0 Å². The number of carbonyl (C=O) groups excluding carboxylic acids is 1. The topological polar surface area (TPSA) is 49.3 Å². The lowest BCUT2D eigenvalue weighted by atomic mass is 9.94. The Bertz CT molecular complexity index is 417. The Morgan fingerprint density at radius 3 is 2.74 bits per heavy atom. The van der Waals surface area contributed by atoms with Gasteiger partial charge in [-0.25, -0.2) is 0 Å². The van der Waals surface area contributed by atoms with Gasteiger partial charge in [-0.05, 0) is 38.7 Å². The number of aryl methyl sites for hydroxylation is 2. The van der Waals surface area contributed by atoms with Gasteiger partial charge in [-0.2, -0.15) is 0 Å². The molecule has 3 heteroatoms. The van der Waals surface area contributed by atoms with Crippen molar-refractivity contribution in [1.29, 1.82) is 0 Å². The second-order valence-corrected chi connectivity index (χ2v) is 5.43. The Kier molecular flexibility index (Phi) is 6.03. The zero-order valence-corrected chi connectivity index (χ0v) is 12.2. The fourth-order valence-corrected chi connectivity index (χ4v) is 2.10. The summed E-state index contributed by atoms with van der Waals surface area (Å²) in [6.45, 7) is 6.16. The molecule has 0 aliphatic heterocycles.